The first-order valence-corrected chi connectivity index (χ1v) is 11.3. The normalized spacial score (nSPS) is 18.6. The van der Waals surface area contributed by atoms with Crippen molar-refractivity contribution in [1.82, 2.24) is 9.47 Å². The van der Waals surface area contributed by atoms with Crippen molar-refractivity contribution in [2.24, 2.45) is 5.73 Å². The van der Waals surface area contributed by atoms with Crippen molar-refractivity contribution in [3.63, 3.8) is 0 Å². The predicted octanol–water partition coefficient (Wildman–Crippen LogP) is 2.66. The maximum Gasteiger partial charge on any atom is 0.340 e. The molecule has 0 bridgehead atoms. The van der Waals surface area contributed by atoms with E-state index < -0.39 is 11.9 Å². The molecule has 1 atom stereocenters. The van der Waals surface area contributed by atoms with Crippen LogP contribution in [-0.2, 0) is 20.8 Å². The summed E-state index contributed by atoms with van der Waals surface area (Å²) in [6, 6.07) is 6.64. The summed E-state index contributed by atoms with van der Waals surface area (Å²) in [6.07, 6.45) is 0. The van der Waals surface area contributed by atoms with Crippen molar-refractivity contribution in [3.8, 4) is 5.75 Å². The van der Waals surface area contributed by atoms with Gasteiger partial charge in [0.15, 0.2) is 0 Å². The highest BCUT2D eigenvalue weighted by Crippen LogP contribution is 2.43. The van der Waals surface area contributed by atoms with E-state index in [1.54, 1.807) is 28.8 Å². The monoisotopic (exact) mass is 493 g/mol. The van der Waals surface area contributed by atoms with E-state index in [0.29, 0.717) is 47.7 Å². The third-order valence-electron chi connectivity index (χ3n) is 5.99. The smallest absolute Gasteiger partial charge is 0.340 e. The summed E-state index contributed by atoms with van der Waals surface area (Å²) in [7, 11) is 1.24. The van der Waals surface area contributed by atoms with Gasteiger partial charge < -0.3 is 24.5 Å². The lowest BCUT2D eigenvalue weighted by molar-refractivity contribution is -0.136. The lowest BCUT2D eigenvalue weighted by atomic mass is 9.83. The van der Waals surface area contributed by atoms with Gasteiger partial charge in [-0.3, -0.25) is 9.69 Å². The van der Waals surface area contributed by atoms with Crippen LogP contribution in [0.1, 0.15) is 22.7 Å². The highest BCUT2D eigenvalue weighted by molar-refractivity contribution is 6.35. The van der Waals surface area contributed by atoms with Crippen LogP contribution in [0.2, 0.25) is 10.0 Å². The van der Waals surface area contributed by atoms with Crippen LogP contribution >= 0.6 is 23.2 Å². The van der Waals surface area contributed by atoms with Gasteiger partial charge in [0.05, 0.1) is 31.8 Å². The number of ether oxygens (including phenoxy) is 3. The maximum absolute atomic E-state index is 13.8. The summed E-state index contributed by atoms with van der Waals surface area (Å²) in [5.41, 5.74) is 7.39. The number of pyridine rings is 1. The number of benzene rings is 1. The molecule has 3 heterocycles. The van der Waals surface area contributed by atoms with E-state index in [4.69, 9.17) is 43.1 Å². The van der Waals surface area contributed by atoms with Gasteiger partial charge in [0.1, 0.15) is 11.3 Å². The van der Waals surface area contributed by atoms with Crippen molar-refractivity contribution >= 4 is 29.2 Å². The molecule has 4 rings (SSSR count). The van der Waals surface area contributed by atoms with Gasteiger partial charge in [-0.25, -0.2) is 4.79 Å². The minimum Gasteiger partial charge on any atom is -0.465 e. The Kier molecular flexibility index (Phi) is 6.99. The van der Waals surface area contributed by atoms with Crippen LogP contribution in [0.5, 0.6) is 5.75 Å². The van der Waals surface area contributed by atoms with Crippen LogP contribution in [-0.4, -0.2) is 55.4 Å². The molecule has 2 aromatic rings. The van der Waals surface area contributed by atoms with Crippen LogP contribution in [0.3, 0.4) is 0 Å². The molecule has 0 spiro atoms. The van der Waals surface area contributed by atoms with Gasteiger partial charge in [-0.1, -0.05) is 29.3 Å². The molecule has 10 heteroatoms. The summed E-state index contributed by atoms with van der Waals surface area (Å²) in [4.78, 5) is 28.7. The molecule has 0 saturated carbocycles. The molecule has 0 aliphatic carbocycles. The summed E-state index contributed by atoms with van der Waals surface area (Å²) in [5, 5.41) is 0.730. The number of aromatic nitrogens is 1. The highest BCUT2D eigenvalue weighted by Gasteiger charge is 2.39. The molecule has 176 valence electrons. The standard InChI is InChI=1S/C23H25Cl2N3O5/c1-13-11-17-19(22(29)28(13)6-5-27-7-9-32-10-8-27)18(15-4-3-14(24)12-16(15)25)20(21(26)33-17)23(30)31-2/h3-4,11-12,18H,5-10,26H2,1-2H3/t18-/m1/s1. The molecule has 33 heavy (non-hydrogen) atoms. The second kappa shape index (κ2) is 9.77. The molecular weight excluding hydrogens is 469 g/mol. The Morgan fingerprint density at radius 3 is 2.61 bits per heavy atom. The van der Waals surface area contributed by atoms with E-state index in [1.807, 2.05) is 6.92 Å². The fourth-order valence-electron chi connectivity index (χ4n) is 4.29. The van der Waals surface area contributed by atoms with Gasteiger partial charge >= 0.3 is 5.97 Å². The fourth-order valence-corrected chi connectivity index (χ4v) is 4.80. The van der Waals surface area contributed by atoms with Crippen molar-refractivity contribution in [1.29, 1.82) is 0 Å². The van der Waals surface area contributed by atoms with E-state index in [-0.39, 0.29) is 22.6 Å². The Balaban J connectivity index is 1.84. The zero-order chi connectivity index (χ0) is 23.7. The summed E-state index contributed by atoms with van der Waals surface area (Å²) >= 11 is 12.6. The Morgan fingerprint density at radius 2 is 1.94 bits per heavy atom. The molecule has 1 aromatic heterocycles. The lowest BCUT2D eigenvalue weighted by Gasteiger charge is -2.30. The Morgan fingerprint density at radius 1 is 1.21 bits per heavy atom. The molecule has 2 aliphatic heterocycles. The number of hydrogen-bond donors (Lipinski definition) is 1. The van der Waals surface area contributed by atoms with Gasteiger partial charge in [0.25, 0.3) is 5.56 Å². The molecule has 1 saturated heterocycles. The highest BCUT2D eigenvalue weighted by atomic mass is 35.5. The number of hydrogen-bond acceptors (Lipinski definition) is 7. The number of rotatable bonds is 5. The lowest BCUT2D eigenvalue weighted by Crippen LogP contribution is -2.40. The third-order valence-corrected chi connectivity index (χ3v) is 6.55. The zero-order valence-electron chi connectivity index (χ0n) is 18.4. The van der Waals surface area contributed by atoms with Crippen LogP contribution in [0.25, 0.3) is 0 Å². The average Bonchev–Trinajstić information content (AvgIpc) is 2.78. The minimum atomic E-state index is -0.867. The average molecular weight is 494 g/mol. The largest absolute Gasteiger partial charge is 0.465 e. The van der Waals surface area contributed by atoms with Crippen LogP contribution in [0.4, 0.5) is 0 Å². The summed E-state index contributed by atoms with van der Waals surface area (Å²) in [5.74, 6) is -1.40. The van der Waals surface area contributed by atoms with Crippen molar-refractivity contribution in [2.45, 2.75) is 19.4 Å². The molecule has 0 unspecified atom stereocenters. The number of carbonyl (C=O) groups is 1. The van der Waals surface area contributed by atoms with E-state index in [1.165, 1.54) is 7.11 Å². The van der Waals surface area contributed by atoms with Crippen molar-refractivity contribution in [2.75, 3.05) is 40.0 Å². The van der Waals surface area contributed by atoms with Crippen LogP contribution < -0.4 is 16.0 Å². The molecule has 0 radical (unpaired) electrons. The quantitative estimate of drug-likeness (QED) is 0.639. The molecule has 1 fully saturated rings. The molecule has 2 N–H and O–H groups in total. The summed E-state index contributed by atoms with van der Waals surface area (Å²) < 4.78 is 17.8. The molecule has 1 aromatic carbocycles. The van der Waals surface area contributed by atoms with Crippen LogP contribution in [0.15, 0.2) is 40.5 Å². The number of halogens is 2. The second-order valence-corrected chi connectivity index (χ2v) is 8.79. The number of nitrogens with zero attached hydrogens (tertiary/aromatic N) is 2. The Bertz CT molecular complexity index is 1170. The molecular formula is C23H25Cl2N3O5. The molecule has 2 aliphatic rings. The van der Waals surface area contributed by atoms with Gasteiger partial charge in [-0.05, 0) is 24.6 Å². The number of methoxy groups -OCH3 is 1. The predicted molar refractivity (Wildman–Crippen MR) is 125 cm³/mol. The number of esters is 1. The number of nitrogens with two attached hydrogens (primary N) is 1. The van der Waals surface area contributed by atoms with Gasteiger partial charge in [-0.2, -0.15) is 0 Å². The first kappa shape index (κ1) is 23.6. The van der Waals surface area contributed by atoms with E-state index in [0.717, 1.165) is 18.8 Å². The molecule has 0 amide bonds. The number of fused-ring (bicyclic) bond motifs is 1. The topological polar surface area (TPSA) is 96.0 Å². The Hall–Kier alpha value is -2.52. The zero-order valence-corrected chi connectivity index (χ0v) is 19.9. The number of morpholine rings is 1. The van der Waals surface area contributed by atoms with E-state index in [9.17, 15) is 9.59 Å². The van der Waals surface area contributed by atoms with Gasteiger partial charge in [0, 0.05) is 48.0 Å². The maximum atomic E-state index is 13.8. The van der Waals surface area contributed by atoms with E-state index >= 15 is 0 Å². The van der Waals surface area contributed by atoms with Gasteiger partial charge in [0.2, 0.25) is 5.88 Å². The third kappa shape index (κ3) is 4.61. The molecule has 8 nitrogen and oxygen atoms in total. The Labute approximate surface area is 201 Å². The number of aryl methyl sites for hydroxylation is 1. The summed E-state index contributed by atoms with van der Waals surface area (Å²) in [6.45, 7) is 5.99. The van der Waals surface area contributed by atoms with E-state index in [2.05, 4.69) is 4.90 Å². The fraction of sp³-hybridized carbons (Fsp3) is 0.391. The number of carbonyl (C=O) groups excluding carboxylic acids is 1. The van der Waals surface area contributed by atoms with Crippen molar-refractivity contribution in [3.05, 3.63) is 72.9 Å². The van der Waals surface area contributed by atoms with Gasteiger partial charge in [-0.15, -0.1) is 0 Å². The SMILES string of the molecule is COC(=O)C1=C(N)Oc2cc(C)n(CCN3CCOCC3)c(=O)c2[C@H]1c1ccc(Cl)cc1Cl. The first-order valence-electron chi connectivity index (χ1n) is 10.6. The first-order chi connectivity index (χ1) is 15.8. The minimum absolute atomic E-state index is 0.0231. The van der Waals surface area contributed by atoms with Crippen LogP contribution in [0, 0.1) is 6.92 Å². The second-order valence-electron chi connectivity index (χ2n) is 7.94. The van der Waals surface area contributed by atoms with Crippen molar-refractivity contribution < 1.29 is 19.0 Å².